The maximum absolute atomic E-state index is 15.3. The van der Waals surface area contributed by atoms with Gasteiger partial charge in [0.15, 0.2) is 5.83 Å². The van der Waals surface area contributed by atoms with Gasteiger partial charge in [-0.3, -0.25) is 14.4 Å². The molecule has 6 nitrogen and oxygen atoms in total. The average molecular weight is 727 g/mol. The van der Waals surface area contributed by atoms with Crippen LogP contribution >= 0.6 is 46.6 Å². The standard InChI is InChI=1S/C30H24Cl3F6N3O3S/c1-2-4-20(25(36)21(13-34)42-27(44)22-5-3-10-46-22)41-26(43)16-12-15(7-8-18(16)31)40-28(45)24-23(29(24,32)33)14-6-9-19(35)17(11-14)30(37,38)39/h2,4,6-9,11-12,22-24H,1,3,5,10,13H2,(H,40,45)(H,41,43)(H,42,44)/b20-4+,25-21-/t22?,23-,24+/m0/s1. The van der Waals surface area contributed by atoms with Gasteiger partial charge in [-0.15, -0.1) is 35.0 Å². The molecule has 2 fully saturated rings. The normalized spacial score (nSPS) is 21.2. The molecule has 1 saturated carbocycles. The minimum absolute atomic E-state index is 0.0135. The fourth-order valence-corrected chi connectivity index (χ4v) is 7.01. The summed E-state index contributed by atoms with van der Waals surface area (Å²) < 4.78 is 80.7. The molecule has 0 aromatic heterocycles. The van der Waals surface area contributed by atoms with E-state index in [1.807, 2.05) is 0 Å². The molecule has 0 radical (unpaired) electrons. The van der Waals surface area contributed by atoms with Gasteiger partial charge < -0.3 is 16.0 Å². The van der Waals surface area contributed by atoms with E-state index in [-0.39, 0.29) is 21.8 Å². The van der Waals surface area contributed by atoms with Crippen molar-refractivity contribution < 1.29 is 40.7 Å². The quantitative estimate of drug-likeness (QED) is 0.132. The Bertz CT molecular complexity index is 1630. The molecule has 246 valence electrons. The molecule has 0 bridgehead atoms. The monoisotopic (exact) mass is 725 g/mol. The maximum Gasteiger partial charge on any atom is 0.419 e. The van der Waals surface area contributed by atoms with E-state index in [1.54, 1.807) is 0 Å². The van der Waals surface area contributed by atoms with E-state index in [1.165, 1.54) is 23.9 Å². The van der Waals surface area contributed by atoms with Gasteiger partial charge in [-0.2, -0.15) is 13.2 Å². The number of nitrogens with one attached hydrogen (secondary N) is 3. The molecule has 2 aromatic rings. The lowest BCUT2D eigenvalue weighted by atomic mass is 10.0. The third-order valence-corrected chi connectivity index (χ3v) is 9.78. The van der Waals surface area contributed by atoms with Crippen molar-refractivity contribution >= 4 is 70.0 Å². The first-order chi connectivity index (χ1) is 21.6. The predicted molar refractivity (Wildman–Crippen MR) is 166 cm³/mol. The molecular weight excluding hydrogens is 703 g/mol. The van der Waals surface area contributed by atoms with Crippen LogP contribution in [0.3, 0.4) is 0 Å². The summed E-state index contributed by atoms with van der Waals surface area (Å²) in [4.78, 5) is 38.6. The van der Waals surface area contributed by atoms with Crippen molar-refractivity contribution in [1.29, 1.82) is 0 Å². The van der Waals surface area contributed by atoms with Gasteiger partial charge in [-0.25, -0.2) is 13.2 Å². The molecule has 1 unspecified atom stereocenters. The van der Waals surface area contributed by atoms with Crippen molar-refractivity contribution in [2.24, 2.45) is 5.92 Å². The Hall–Kier alpha value is -3.13. The van der Waals surface area contributed by atoms with E-state index in [4.69, 9.17) is 34.8 Å². The lowest BCUT2D eigenvalue weighted by molar-refractivity contribution is -0.140. The fourth-order valence-electron chi connectivity index (χ4n) is 4.82. The fraction of sp³-hybridized carbons (Fsp3) is 0.300. The largest absolute Gasteiger partial charge is 0.419 e. The van der Waals surface area contributed by atoms with Gasteiger partial charge in [-0.1, -0.05) is 30.3 Å². The number of hydrogen-bond donors (Lipinski definition) is 3. The number of hydrogen-bond acceptors (Lipinski definition) is 4. The van der Waals surface area contributed by atoms with Crippen molar-refractivity contribution in [2.45, 2.75) is 34.5 Å². The molecule has 1 heterocycles. The smallest absolute Gasteiger partial charge is 0.326 e. The number of carbonyl (C=O) groups is 3. The summed E-state index contributed by atoms with van der Waals surface area (Å²) in [6.45, 7) is 2.06. The van der Waals surface area contributed by atoms with E-state index in [2.05, 4.69) is 22.5 Å². The number of allylic oxidation sites excluding steroid dienone is 4. The topological polar surface area (TPSA) is 87.3 Å². The number of benzene rings is 2. The van der Waals surface area contributed by atoms with Crippen LogP contribution in [-0.4, -0.2) is 39.7 Å². The summed E-state index contributed by atoms with van der Waals surface area (Å²) in [5.74, 6) is -6.79. The Labute approximate surface area is 278 Å². The van der Waals surface area contributed by atoms with Crippen LogP contribution in [0, 0.1) is 11.7 Å². The van der Waals surface area contributed by atoms with Crippen LogP contribution in [0.25, 0.3) is 0 Å². The molecule has 2 aromatic carbocycles. The van der Waals surface area contributed by atoms with Gasteiger partial charge in [0.25, 0.3) is 5.91 Å². The molecular formula is C30H24Cl3F6N3O3S. The Morgan fingerprint density at radius 3 is 2.41 bits per heavy atom. The van der Waals surface area contributed by atoms with Crippen LogP contribution in [0.1, 0.15) is 40.2 Å². The third kappa shape index (κ3) is 7.87. The highest BCUT2D eigenvalue weighted by Crippen LogP contribution is 2.65. The van der Waals surface area contributed by atoms with Crippen LogP contribution < -0.4 is 16.0 Å². The van der Waals surface area contributed by atoms with Crippen molar-refractivity contribution in [3.05, 3.63) is 99.9 Å². The first-order valence-corrected chi connectivity index (χ1v) is 15.6. The highest BCUT2D eigenvalue weighted by molar-refractivity contribution is 8.00. The minimum atomic E-state index is -5.00. The SMILES string of the molecule is C=C/C=C(NC(=O)c1cc(NC(=O)[C@H]2[C@H](c3ccc(F)c(C(F)(F)F)c3)C2(Cl)Cl)ccc1Cl)\C(F)=C(/CF)NC(=O)C1CCCS1. The summed E-state index contributed by atoms with van der Waals surface area (Å²) in [5.41, 5.74) is -3.17. The first-order valence-electron chi connectivity index (χ1n) is 13.5. The highest BCUT2D eigenvalue weighted by atomic mass is 35.5. The van der Waals surface area contributed by atoms with E-state index < -0.39 is 80.6 Å². The number of rotatable bonds is 10. The molecule has 0 spiro atoms. The van der Waals surface area contributed by atoms with E-state index >= 15 is 4.39 Å². The lowest BCUT2D eigenvalue weighted by Crippen LogP contribution is -2.33. The summed E-state index contributed by atoms with van der Waals surface area (Å²) >= 11 is 20.0. The van der Waals surface area contributed by atoms with Gasteiger partial charge >= 0.3 is 6.18 Å². The number of halogens is 9. The van der Waals surface area contributed by atoms with Crippen molar-refractivity contribution in [1.82, 2.24) is 10.6 Å². The number of alkyl halides is 6. The second kappa shape index (κ2) is 14.3. The first kappa shape index (κ1) is 35.7. The van der Waals surface area contributed by atoms with Crippen molar-refractivity contribution in [3.63, 3.8) is 0 Å². The molecule has 3 atom stereocenters. The molecule has 1 aliphatic heterocycles. The molecule has 3 amide bonds. The molecule has 2 aliphatic rings. The Morgan fingerprint density at radius 2 is 1.80 bits per heavy atom. The lowest BCUT2D eigenvalue weighted by Gasteiger charge is -2.15. The number of carbonyl (C=O) groups excluding carboxylic acids is 3. The van der Waals surface area contributed by atoms with Crippen LogP contribution in [0.5, 0.6) is 0 Å². The van der Waals surface area contributed by atoms with Gasteiger partial charge in [0.05, 0.1) is 38.7 Å². The third-order valence-electron chi connectivity index (χ3n) is 7.13. The zero-order valence-electron chi connectivity index (χ0n) is 23.4. The van der Waals surface area contributed by atoms with Crippen molar-refractivity contribution in [3.8, 4) is 0 Å². The van der Waals surface area contributed by atoms with Gasteiger partial charge in [0.1, 0.15) is 16.8 Å². The molecule has 3 N–H and O–H groups in total. The average Bonchev–Trinajstić information content (AvgIpc) is 3.30. The summed E-state index contributed by atoms with van der Waals surface area (Å²) in [6.07, 6.45) is -1.50. The van der Waals surface area contributed by atoms with Gasteiger partial charge in [0, 0.05) is 11.6 Å². The zero-order valence-corrected chi connectivity index (χ0v) is 26.5. The Morgan fingerprint density at radius 1 is 1.09 bits per heavy atom. The van der Waals surface area contributed by atoms with Crippen LogP contribution in [0.15, 0.2) is 72.4 Å². The summed E-state index contributed by atoms with van der Waals surface area (Å²) in [5, 5.41) is 6.34. The molecule has 16 heteroatoms. The summed E-state index contributed by atoms with van der Waals surface area (Å²) in [7, 11) is 0. The van der Waals surface area contributed by atoms with Gasteiger partial charge in [0.2, 0.25) is 11.8 Å². The molecule has 4 rings (SSSR count). The molecule has 46 heavy (non-hydrogen) atoms. The molecule has 1 aliphatic carbocycles. The van der Waals surface area contributed by atoms with E-state index in [0.29, 0.717) is 18.6 Å². The number of anilines is 1. The zero-order chi connectivity index (χ0) is 34.0. The molecule has 1 saturated heterocycles. The Kier molecular flexibility index (Phi) is 11.1. The van der Waals surface area contributed by atoms with E-state index in [0.717, 1.165) is 36.5 Å². The van der Waals surface area contributed by atoms with E-state index in [9.17, 15) is 36.3 Å². The second-order valence-corrected chi connectivity index (χ2v) is 13.4. The van der Waals surface area contributed by atoms with Crippen LogP contribution in [-0.2, 0) is 15.8 Å². The number of thioether (sulfide) groups is 1. The van der Waals surface area contributed by atoms with Crippen molar-refractivity contribution in [2.75, 3.05) is 17.7 Å². The van der Waals surface area contributed by atoms with Gasteiger partial charge in [-0.05, 0) is 60.6 Å². The predicted octanol–water partition coefficient (Wildman–Crippen LogP) is 7.99. The van der Waals surface area contributed by atoms with Crippen LogP contribution in [0.2, 0.25) is 5.02 Å². The minimum Gasteiger partial charge on any atom is -0.326 e. The maximum atomic E-state index is 15.3. The van der Waals surface area contributed by atoms with Crippen LogP contribution in [0.4, 0.5) is 32.0 Å². The summed E-state index contributed by atoms with van der Waals surface area (Å²) in [6, 6.07) is 5.84. The highest BCUT2D eigenvalue weighted by Gasteiger charge is 2.67. The second-order valence-electron chi connectivity index (χ2n) is 10.2. The number of amides is 3. The Balaban J connectivity index is 1.51.